The molecular weight excluding hydrogens is 196 g/mol. The Balaban J connectivity index is 3.12. The Labute approximate surface area is 99.9 Å². The van der Waals surface area contributed by atoms with Crippen LogP contribution in [0.4, 0.5) is 0 Å². The van der Waals surface area contributed by atoms with E-state index in [0.29, 0.717) is 17.8 Å². The zero-order valence-corrected chi connectivity index (χ0v) is 11.6. The van der Waals surface area contributed by atoms with Crippen LogP contribution in [0.15, 0.2) is 0 Å². The minimum absolute atomic E-state index is 0.487. The first kappa shape index (κ1) is 13.3. The molecule has 2 unspecified atom stereocenters. The van der Waals surface area contributed by atoms with E-state index in [2.05, 4.69) is 46.5 Å². The molecule has 0 spiro atoms. The third kappa shape index (κ3) is 2.66. The van der Waals surface area contributed by atoms with Crippen LogP contribution in [0.5, 0.6) is 0 Å². The van der Waals surface area contributed by atoms with Crippen LogP contribution in [-0.4, -0.2) is 9.97 Å². The van der Waals surface area contributed by atoms with Crippen molar-refractivity contribution in [1.29, 1.82) is 0 Å². The Bertz CT molecular complexity index is 298. The lowest BCUT2D eigenvalue weighted by Gasteiger charge is -2.12. The van der Waals surface area contributed by atoms with E-state index in [1.807, 2.05) is 0 Å². The summed E-state index contributed by atoms with van der Waals surface area (Å²) in [6.07, 6.45) is 2.33. The van der Waals surface area contributed by atoms with Crippen LogP contribution in [-0.2, 0) is 0 Å². The topological polar surface area (TPSA) is 28.7 Å². The zero-order valence-electron chi connectivity index (χ0n) is 11.6. The Kier molecular flexibility index (Phi) is 4.57. The zero-order chi connectivity index (χ0) is 12.3. The third-order valence-electron chi connectivity index (χ3n) is 3.51. The van der Waals surface area contributed by atoms with Crippen LogP contribution in [0, 0.1) is 0 Å². The molecule has 0 aliphatic heterocycles. The molecule has 92 valence electrons. The lowest BCUT2D eigenvalue weighted by Crippen LogP contribution is -2.01. The standard InChI is InChI=1S/C14H26N2/c1-7-10(5)12-13(11(6)8-2)16-14(15-12)9(3)4/h9-11H,7-8H2,1-6H3,(H,15,16). The summed E-state index contributed by atoms with van der Waals surface area (Å²) in [5.74, 6) is 2.78. The van der Waals surface area contributed by atoms with Gasteiger partial charge in [0.25, 0.3) is 0 Å². The van der Waals surface area contributed by atoms with Crippen LogP contribution in [0.3, 0.4) is 0 Å². The van der Waals surface area contributed by atoms with Crippen molar-refractivity contribution in [3.63, 3.8) is 0 Å². The number of nitrogens with one attached hydrogen (secondary N) is 1. The monoisotopic (exact) mass is 222 g/mol. The minimum Gasteiger partial charge on any atom is -0.345 e. The van der Waals surface area contributed by atoms with Crippen molar-refractivity contribution in [3.8, 4) is 0 Å². The first-order valence-electron chi connectivity index (χ1n) is 6.60. The molecule has 0 aromatic carbocycles. The largest absolute Gasteiger partial charge is 0.345 e. The lowest BCUT2D eigenvalue weighted by atomic mass is 9.96. The average Bonchev–Trinajstić information content (AvgIpc) is 2.71. The molecule has 2 heteroatoms. The van der Waals surface area contributed by atoms with Crippen LogP contribution in [0.1, 0.15) is 89.4 Å². The highest BCUT2D eigenvalue weighted by molar-refractivity contribution is 5.23. The van der Waals surface area contributed by atoms with Crippen molar-refractivity contribution in [1.82, 2.24) is 9.97 Å². The average molecular weight is 222 g/mol. The minimum atomic E-state index is 0.487. The number of aromatic amines is 1. The van der Waals surface area contributed by atoms with Crippen LogP contribution >= 0.6 is 0 Å². The Morgan fingerprint density at radius 3 is 2.00 bits per heavy atom. The third-order valence-corrected chi connectivity index (χ3v) is 3.51. The number of H-pyrrole nitrogens is 1. The molecule has 2 nitrogen and oxygen atoms in total. The highest BCUT2D eigenvalue weighted by Crippen LogP contribution is 2.29. The second kappa shape index (κ2) is 5.51. The second-order valence-electron chi connectivity index (χ2n) is 5.19. The fourth-order valence-corrected chi connectivity index (χ4v) is 1.84. The quantitative estimate of drug-likeness (QED) is 0.777. The molecule has 0 amide bonds. The summed E-state index contributed by atoms with van der Waals surface area (Å²) in [7, 11) is 0. The molecule has 0 saturated carbocycles. The van der Waals surface area contributed by atoms with Crippen molar-refractivity contribution < 1.29 is 0 Å². The summed E-state index contributed by atoms with van der Waals surface area (Å²) in [5, 5.41) is 0. The smallest absolute Gasteiger partial charge is 0.109 e. The van der Waals surface area contributed by atoms with Gasteiger partial charge in [0.2, 0.25) is 0 Å². The van der Waals surface area contributed by atoms with Crippen molar-refractivity contribution in [2.24, 2.45) is 0 Å². The van der Waals surface area contributed by atoms with Crippen LogP contribution in [0.25, 0.3) is 0 Å². The molecule has 1 N–H and O–H groups in total. The molecule has 0 aliphatic carbocycles. The summed E-state index contributed by atoms with van der Waals surface area (Å²) >= 11 is 0. The van der Waals surface area contributed by atoms with E-state index in [-0.39, 0.29) is 0 Å². The van der Waals surface area contributed by atoms with Gasteiger partial charge in [-0.2, -0.15) is 0 Å². The molecular formula is C14H26N2. The number of nitrogens with zero attached hydrogens (tertiary/aromatic N) is 1. The molecule has 0 radical (unpaired) electrons. The van der Waals surface area contributed by atoms with E-state index in [1.54, 1.807) is 0 Å². The first-order chi connectivity index (χ1) is 7.51. The first-order valence-corrected chi connectivity index (χ1v) is 6.60. The van der Waals surface area contributed by atoms with E-state index in [4.69, 9.17) is 4.98 Å². The number of hydrogen-bond acceptors (Lipinski definition) is 1. The molecule has 1 aromatic heterocycles. The molecule has 1 rings (SSSR count). The van der Waals surface area contributed by atoms with Gasteiger partial charge < -0.3 is 4.98 Å². The van der Waals surface area contributed by atoms with Crippen molar-refractivity contribution >= 4 is 0 Å². The van der Waals surface area contributed by atoms with E-state index in [9.17, 15) is 0 Å². The predicted molar refractivity (Wildman–Crippen MR) is 70.1 cm³/mol. The number of rotatable bonds is 5. The van der Waals surface area contributed by atoms with Gasteiger partial charge in [0, 0.05) is 11.6 Å². The van der Waals surface area contributed by atoms with Crippen LogP contribution in [0.2, 0.25) is 0 Å². The second-order valence-corrected chi connectivity index (χ2v) is 5.19. The molecule has 0 aliphatic rings. The summed E-state index contributed by atoms with van der Waals surface area (Å²) in [5.41, 5.74) is 2.65. The van der Waals surface area contributed by atoms with Crippen LogP contribution < -0.4 is 0 Å². The van der Waals surface area contributed by atoms with Crippen molar-refractivity contribution in [3.05, 3.63) is 17.2 Å². The number of hydrogen-bond donors (Lipinski definition) is 1. The molecule has 0 saturated heterocycles. The SMILES string of the molecule is CCC(C)c1nc(C(C)C)[nH]c1C(C)CC. The van der Waals surface area contributed by atoms with Gasteiger partial charge in [0.1, 0.15) is 5.82 Å². The summed E-state index contributed by atoms with van der Waals surface area (Å²) in [6.45, 7) is 13.4. The molecule has 1 aromatic rings. The Morgan fingerprint density at radius 2 is 1.56 bits per heavy atom. The van der Waals surface area contributed by atoms with Gasteiger partial charge in [-0.3, -0.25) is 0 Å². The van der Waals surface area contributed by atoms with E-state index in [0.717, 1.165) is 12.2 Å². The van der Waals surface area contributed by atoms with E-state index < -0.39 is 0 Å². The maximum atomic E-state index is 4.79. The van der Waals surface area contributed by atoms with E-state index in [1.165, 1.54) is 17.8 Å². The fraction of sp³-hybridized carbons (Fsp3) is 0.786. The van der Waals surface area contributed by atoms with Gasteiger partial charge in [0.05, 0.1) is 5.69 Å². The van der Waals surface area contributed by atoms with Gasteiger partial charge in [-0.25, -0.2) is 4.98 Å². The number of aromatic nitrogens is 2. The molecule has 2 atom stereocenters. The van der Waals surface area contributed by atoms with E-state index >= 15 is 0 Å². The molecule has 0 bridgehead atoms. The summed E-state index contributed by atoms with van der Waals surface area (Å²) < 4.78 is 0. The van der Waals surface area contributed by atoms with Crippen molar-refractivity contribution in [2.75, 3.05) is 0 Å². The van der Waals surface area contributed by atoms with Crippen molar-refractivity contribution in [2.45, 2.75) is 72.1 Å². The maximum Gasteiger partial charge on any atom is 0.109 e. The molecule has 1 heterocycles. The molecule has 16 heavy (non-hydrogen) atoms. The highest BCUT2D eigenvalue weighted by Gasteiger charge is 2.19. The van der Waals surface area contributed by atoms with Gasteiger partial charge >= 0.3 is 0 Å². The summed E-state index contributed by atoms with van der Waals surface area (Å²) in [4.78, 5) is 8.33. The fourth-order valence-electron chi connectivity index (χ4n) is 1.84. The van der Waals surface area contributed by atoms with Gasteiger partial charge in [-0.05, 0) is 24.7 Å². The number of imidazole rings is 1. The Hall–Kier alpha value is -0.790. The van der Waals surface area contributed by atoms with Gasteiger partial charge in [-0.1, -0.05) is 41.5 Å². The Morgan fingerprint density at radius 1 is 1.00 bits per heavy atom. The normalized spacial score (nSPS) is 15.4. The predicted octanol–water partition coefficient (Wildman–Crippen LogP) is 4.56. The lowest BCUT2D eigenvalue weighted by molar-refractivity contribution is 0.655. The maximum absolute atomic E-state index is 4.79. The van der Waals surface area contributed by atoms with Gasteiger partial charge in [0.15, 0.2) is 0 Å². The molecule has 0 fully saturated rings. The highest BCUT2D eigenvalue weighted by atomic mass is 14.9. The van der Waals surface area contributed by atoms with Gasteiger partial charge in [-0.15, -0.1) is 0 Å². The summed E-state index contributed by atoms with van der Waals surface area (Å²) in [6, 6.07) is 0.